The van der Waals surface area contributed by atoms with Crippen LogP contribution in [0, 0.1) is 5.82 Å². The number of anilines is 1. The smallest absolute Gasteiger partial charge is 0.258 e. The molecule has 0 atom stereocenters. The summed E-state index contributed by atoms with van der Waals surface area (Å²) in [6, 6.07) is 19.5. The van der Waals surface area contributed by atoms with Crippen LogP contribution in [0.3, 0.4) is 0 Å². The fourth-order valence-corrected chi connectivity index (χ4v) is 4.54. The molecule has 0 saturated carbocycles. The minimum absolute atomic E-state index is 0.0271. The van der Waals surface area contributed by atoms with Crippen molar-refractivity contribution in [2.24, 2.45) is 0 Å². The monoisotopic (exact) mass is 414 g/mol. The van der Waals surface area contributed by atoms with E-state index in [1.54, 1.807) is 4.90 Å². The van der Waals surface area contributed by atoms with Crippen LogP contribution in [0.5, 0.6) is 0 Å². The summed E-state index contributed by atoms with van der Waals surface area (Å²) < 4.78 is 13.2. The number of carbonyl (C=O) groups is 2. The molecule has 0 fully saturated rings. The molecule has 0 saturated heterocycles. The number of nitrogens with zero attached hydrogens (tertiary/aromatic N) is 2. The Kier molecular flexibility index (Phi) is 5.02. The molecular formula is C26H23FN2O2. The van der Waals surface area contributed by atoms with Gasteiger partial charge in [0.1, 0.15) is 5.82 Å². The average molecular weight is 414 g/mol. The molecule has 5 rings (SSSR count). The van der Waals surface area contributed by atoms with E-state index in [0.29, 0.717) is 30.8 Å². The van der Waals surface area contributed by atoms with Crippen LogP contribution in [0.25, 0.3) is 0 Å². The highest BCUT2D eigenvalue weighted by Gasteiger charge is 2.26. The van der Waals surface area contributed by atoms with Gasteiger partial charge in [-0.2, -0.15) is 0 Å². The number of hydrogen-bond donors (Lipinski definition) is 0. The van der Waals surface area contributed by atoms with Crippen molar-refractivity contribution >= 4 is 17.5 Å². The molecular weight excluding hydrogens is 391 g/mol. The Bertz CT molecular complexity index is 1160. The molecule has 3 aromatic carbocycles. The minimum Gasteiger partial charge on any atom is -0.334 e. The van der Waals surface area contributed by atoms with Crippen molar-refractivity contribution in [2.45, 2.75) is 25.8 Å². The van der Waals surface area contributed by atoms with Gasteiger partial charge < -0.3 is 9.80 Å². The molecule has 2 aliphatic rings. The number of hydrogen-bond acceptors (Lipinski definition) is 2. The molecule has 5 heteroatoms. The van der Waals surface area contributed by atoms with Gasteiger partial charge in [-0.25, -0.2) is 4.39 Å². The molecule has 0 bridgehead atoms. The first-order valence-corrected chi connectivity index (χ1v) is 10.7. The Balaban J connectivity index is 1.38. The molecule has 0 aromatic heterocycles. The van der Waals surface area contributed by atoms with E-state index in [9.17, 15) is 14.0 Å². The minimum atomic E-state index is -0.362. The molecule has 3 aromatic rings. The van der Waals surface area contributed by atoms with E-state index in [1.807, 2.05) is 35.2 Å². The summed E-state index contributed by atoms with van der Waals surface area (Å²) in [7, 11) is 0. The molecule has 4 nitrogen and oxygen atoms in total. The SMILES string of the molecule is O=C(c1ccc2c(c1)CCCN2C(=O)c1ccc(F)cc1)N1CCc2ccccc2C1. The molecule has 2 heterocycles. The summed E-state index contributed by atoms with van der Waals surface area (Å²) in [5.41, 5.74) is 5.48. The molecule has 2 aliphatic heterocycles. The number of amides is 2. The van der Waals surface area contributed by atoms with Gasteiger partial charge in [0.25, 0.3) is 11.8 Å². The molecule has 0 unspecified atom stereocenters. The van der Waals surface area contributed by atoms with Crippen molar-refractivity contribution in [1.82, 2.24) is 4.90 Å². The van der Waals surface area contributed by atoms with E-state index in [2.05, 4.69) is 12.1 Å². The van der Waals surface area contributed by atoms with Crippen LogP contribution in [0.4, 0.5) is 10.1 Å². The van der Waals surface area contributed by atoms with E-state index in [4.69, 9.17) is 0 Å². The zero-order valence-electron chi connectivity index (χ0n) is 17.2. The molecule has 31 heavy (non-hydrogen) atoms. The zero-order valence-corrected chi connectivity index (χ0v) is 17.2. The van der Waals surface area contributed by atoms with E-state index >= 15 is 0 Å². The second-order valence-corrected chi connectivity index (χ2v) is 8.16. The van der Waals surface area contributed by atoms with Crippen LogP contribution >= 0.6 is 0 Å². The third kappa shape index (κ3) is 3.72. The van der Waals surface area contributed by atoms with Crippen molar-refractivity contribution in [2.75, 3.05) is 18.0 Å². The van der Waals surface area contributed by atoms with Crippen LogP contribution in [0.15, 0.2) is 66.7 Å². The molecule has 0 spiro atoms. The van der Waals surface area contributed by atoms with E-state index in [0.717, 1.165) is 30.5 Å². The Hall–Kier alpha value is -3.47. The summed E-state index contributed by atoms with van der Waals surface area (Å²) in [4.78, 5) is 29.8. The first-order valence-electron chi connectivity index (χ1n) is 10.7. The van der Waals surface area contributed by atoms with Gasteiger partial charge in [-0.3, -0.25) is 9.59 Å². The van der Waals surface area contributed by atoms with Crippen molar-refractivity contribution < 1.29 is 14.0 Å². The highest BCUT2D eigenvalue weighted by molar-refractivity contribution is 6.07. The fraction of sp³-hybridized carbons (Fsp3) is 0.231. The van der Waals surface area contributed by atoms with Gasteiger partial charge in [0.2, 0.25) is 0 Å². The molecule has 2 amide bonds. The molecule has 0 N–H and O–H groups in total. The van der Waals surface area contributed by atoms with E-state index < -0.39 is 0 Å². The topological polar surface area (TPSA) is 40.6 Å². The predicted molar refractivity (Wildman–Crippen MR) is 118 cm³/mol. The number of benzene rings is 3. The van der Waals surface area contributed by atoms with Crippen LogP contribution in [-0.2, 0) is 19.4 Å². The highest BCUT2D eigenvalue weighted by atomic mass is 19.1. The second kappa shape index (κ2) is 7.99. The Morgan fingerprint density at radius 2 is 1.48 bits per heavy atom. The van der Waals surface area contributed by atoms with Gasteiger partial charge >= 0.3 is 0 Å². The maximum atomic E-state index is 13.2. The summed E-state index contributed by atoms with van der Waals surface area (Å²) in [5.74, 6) is -0.481. The lowest BCUT2D eigenvalue weighted by atomic mass is 9.96. The van der Waals surface area contributed by atoms with Gasteiger partial charge in [0.15, 0.2) is 0 Å². The zero-order chi connectivity index (χ0) is 21.4. The quantitative estimate of drug-likeness (QED) is 0.614. The first kappa shape index (κ1) is 19.5. The van der Waals surface area contributed by atoms with Crippen LogP contribution in [0.2, 0.25) is 0 Å². The summed E-state index contributed by atoms with van der Waals surface area (Å²) in [6.45, 7) is 1.95. The standard InChI is InChI=1S/C26H23FN2O2/c27-23-10-7-19(8-11-23)26(31)29-14-3-6-20-16-21(9-12-24(20)29)25(30)28-15-13-18-4-1-2-5-22(18)17-28/h1-2,4-5,7-12,16H,3,6,13-15,17H2. The lowest BCUT2D eigenvalue weighted by Crippen LogP contribution is -2.37. The number of halogens is 1. The van der Waals surface area contributed by atoms with Gasteiger partial charge in [0, 0.05) is 36.4 Å². The highest BCUT2D eigenvalue weighted by Crippen LogP contribution is 2.30. The number of rotatable bonds is 2. The molecule has 156 valence electrons. The fourth-order valence-electron chi connectivity index (χ4n) is 4.54. The largest absolute Gasteiger partial charge is 0.334 e. The second-order valence-electron chi connectivity index (χ2n) is 8.16. The Labute approximate surface area is 180 Å². The van der Waals surface area contributed by atoms with Crippen molar-refractivity contribution in [3.05, 3.63) is 100 Å². The summed E-state index contributed by atoms with van der Waals surface area (Å²) in [5, 5.41) is 0. The van der Waals surface area contributed by atoms with Gasteiger partial charge in [-0.15, -0.1) is 0 Å². The number of fused-ring (bicyclic) bond motifs is 2. The predicted octanol–water partition coefficient (Wildman–Crippen LogP) is 4.62. The van der Waals surface area contributed by atoms with Crippen molar-refractivity contribution in [3.63, 3.8) is 0 Å². The summed E-state index contributed by atoms with van der Waals surface area (Å²) in [6.07, 6.45) is 2.52. The number of carbonyl (C=O) groups excluding carboxylic acids is 2. The van der Waals surface area contributed by atoms with Crippen molar-refractivity contribution in [3.8, 4) is 0 Å². The first-order chi connectivity index (χ1) is 15.1. The van der Waals surface area contributed by atoms with Gasteiger partial charge in [-0.1, -0.05) is 24.3 Å². The normalized spacial score (nSPS) is 15.3. The van der Waals surface area contributed by atoms with E-state index in [1.165, 1.54) is 35.4 Å². The van der Waals surface area contributed by atoms with Crippen LogP contribution in [-0.4, -0.2) is 29.8 Å². The average Bonchev–Trinajstić information content (AvgIpc) is 2.82. The third-order valence-corrected chi connectivity index (χ3v) is 6.20. The lowest BCUT2D eigenvalue weighted by molar-refractivity contribution is 0.0734. The molecule has 0 aliphatic carbocycles. The molecule has 0 radical (unpaired) electrons. The Morgan fingerprint density at radius 3 is 2.29 bits per heavy atom. The number of aryl methyl sites for hydroxylation is 1. The van der Waals surface area contributed by atoms with E-state index in [-0.39, 0.29) is 17.6 Å². The van der Waals surface area contributed by atoms with Gasteiger partial charge in [-0.05, 0) is 78.4 Å². The van der Waals surface area contributed by atoms with Crippen LogP contribution < -0.4 is 4.90 Å². The maximum absolute atomic E-state index is 13.2. The maximum Gasteiger partial charge on any atom is 0.258 e. The van der Waals surface area contributed by atoms with Crippen molar-refractivity contribution in [1.29, 1.82) is 0 Å². The Morgan fingerprint density at radius 1 is 0.742 bits per heavy atom. The van der Waals surface area contributed by atoms with Crippen LogP contribution in [0.1, 0.15) is 43.8 Å². The lowest BCUT2D eigenvalue weighted by Gasteiger charge is -2.31. The third-order valence-electron chi connectivity index (χ3n) is 6.20. The summed E-state index contributed by atoms with van der Waals surface area (Å²) >= 11 is 0. The van der Waals surface area contributed by atoms with Gasteiger partial charge in [0.05, 0.1) is 0 Å².